The Balaban J connectivity index is 1.73. The van der Waals surface area contributed by atoms with Crippen LogP contribution in [0.15, 0.2) is 48.5 Å². The van der Waals surface area contributed by atoms with Crippen LogP contribution in [0.5, 0.6) is 0 Å². The summed E-state index contributed by atoms with van der Waals surface area (Å²) in [5.41, 5.74) is 8.15. The van der Waals surface area contributed by atoms with Crippen molar-refractivity contribution in [1.29, 1.82) is 0 Å². The van der Waals surface area contributed by atoms with E-state index in [1.54, 1.807) is 4.90 Å². The normalized spacial score (nSPS) is 14.2. The lowest BCUT2D eigenvalue weighted by atomic mass is 9.98. The number of ether oxygens (including phenoxy) is 1. The Morgan fingerprint density at radius 2 is 1.88 bits per heavy atom. The molecule has 1 aliphatic rings. The molecule has 2 aromatic carbocycles. The summed E-state index contributed by atoms with van der Waals surface area (Å²) < 4.78 is 5.76. The zero-order valence-corrected chi connectivity index (χ0v) is 18.8. The van der Waals surface area contributed by atoms with Gasteiger partial charge in [-0.3, -0.25) is 9.59 Å². The molecule has 0 saturated heterocycles. The second kappa shape index (κ2) is 10.4. The van der Waals surface area contributed by atoms with Crippen LogP contribution < -0.4 is 16.4 Å². The largest absolute Gasteiger partial charge is 0.465 e. The minimum atomic E-state index is -1.42. The molecule has 176 valence electrons. The van der Waals surface area contributed by atoms with Gasteiger partial charge in [0, 0.05) is 18.8 Å². The van der Waals surface area contributed by atoms with Crippen LogP contribution in [0.25, 0.3) is 0 Å². The fourth-order valence-corrected chi connectivity index (χ4v) is 3.69. The van der Waals surface area contributed by atoms with Gasteiger partial charge in [-0.25, -0.2) is 4.79 Å². The maximum Gasteiger partial charge on any atom is 0.405 e. The summed E-state index contributed by atoms with van der Waals surface area (Å²) in [6.07, 6.45) is -0.650. The highest BCUT2D eigenvalue weighted by atomic mass is 16.5. The van der Waals surface area contributed by atoms with E-state index in [-0.39, 0.29) is 19.1 Å². The van der Waals surface area contributed by atoms with E-state index in [9.17, 15) is 14.4 Å². The number of anilines is 1. The van der Waals surface area contributed by atoms with E-state index in [0.717, 1.165) is 16.7 Å². The molecule has 0 radical (unpaired) electrons. The molecule has 3 rings (SSSR count). The van der Waals surface area contributed by atoms with Crippen molar-refractivity contribution in [3.8, 4) is 0 Å². The number of hydrogen-bond acceptors (Lipinski definition) is 5. The van der Waals surface area contributed by atoms with Gasteiger partial charge >= 0.3 is 6.09 Å². The molecule has 1 unspecified atom stereocenters. The number of rotatable bonds is 8. The first-order chi connectivity index (χ1) is 15.7. The minimum Gasteiger partial charge on any atom is -0.465 e. The van der Waals surface area contributed by atoms with Crippen LogP contribution in [0.1, 0.15) is 30.5 Å². The number of nitrogens with one attached hydrogen (secondary N) is 2. The predicted molar refractivity (Wildman–Crippen MR) is 123 cm³/mol. The first kappa shape index (κ1) is 24.1. The zero-order valence-electron chi connectivity index (χ0n) is 18.8. The summed E-state index contributed by atoms with van der Waals surface area (Å²) in [6.45, 7) is 3.96. The molecule has 0 aliphatic carbocycles. The lowest BCUT2D eigenvalue weighted by Crippen LogP contribution is -2.60. The highest BCUT2D eigenvalue weighted by molar-refractivity contribution is 5.93. The molecule has 3 amide bonds. The molecule has 0 aromatic heterocycles. The molecule has 1 aliphatic heterocycles. The van der Waals surface area contributed by atoms with E-state index in [2.05, 4.69) is 10.6 Å². The van der Waals surface area contributed by atoms with E-state index in [4.69, 9.17) is 15.6 Å². The Morgan fingerprint density at radius 3 is 2.58 bits per heavy atom. The van der Waals surface area contributed by atoms with Gasteiger partial charge in [-0.05, 0) is 49.1 Å². The van der Waals surface area contributed by atoms with Crippen LogP contribution in [0.2, 0.25) is 0 Å². The number of carboxylic acid groups (broad SMARTS) is 1. The predicted octanol–water partition coefficient (Wildman–Crippen LogP) is 1.90. The number of benzene rings is 2. The van der Waals surface area contributed by atoms with Gasteiger partial charge in [0.05, 0.1) is 13.2 Å². The summed E-state index contributed by atoms with van der Waals surface area (Å²) in [4.78, 5) is 38.9. The van der Waals surface area contributed by atoms with Gasteiger partial charge in [0.1, 0.15) is 11.6 Å². The van der Waals surface area contributed by atoms with Gasteiger partial charge in [0.25, 0.3) is 0 Å². The molecule has 9 heteroatoms. The van der Waals surface area contributed by atoms with E-state index in [0.29, 0.717) is 25.2 Å². The van der Waals surface area contributed by atoms with E-state index in [1.807, 2.05) is 48.5 Å². The zero-order chi connectivity index (χ0) is 24.0. The average Bonchev–Trinajstić information content (AvgIpc) is 2.77. The topological polar surface area (TPSA) is 134 Å². The van der Waals surface area contributed by atoms with Crippen molar-refractivity contribution >= 4 is 23.6 Å². The number of nitrogen functional groups attached to an aromatic ring is 1. The summed E-state index contributed by atoms with van der Waals surface area (Å²) in [5, 5.41) is 13.9. The summed E-state index contributed by atoms with van der Waals surface area (Å²) in [5.74, 6) is -0.913. The van der Waals surface area contributed by atoms with Crippen LogP contribution in [-0.4, -0.2) is 52.6 Å². The van der Waals surface area contributed by atoms with Gasteiger partial charge in [-0.1, -0.05) is 36.4 Å². The quantitative estimate of drug-likeness (QED) is 0.450. The third-order valence-electron chi connectivity index (χ3n) is 5.54. The molecule has 33 heavy (non-hydrogen) atoms. The third-order valence-corrected chi connectivity index (χ3v) is 5.54. The van der Waals surface area contributed by atoms with Crippen molar-refractivity contribution in [2.24, 2.45) is 0 Å². The minimum absolute atomic E-state index is 0.0527. The van der Waals surface area contributed by atoms with Crippen LogP contribution in [0.4, 0.5) is 10.5 Å². The van der Waals surface area contributed by atoms with E-state index < -0.39 is 23.6 Å². The van der Waals surface area contributed by atoms with Crippen LogP contribution >= 0.6 is 0 Å². The SMILES string of the molecule is CC(C)(NC(=O)O)C(=O)NC(COCc1ccccc1)C(=O)N1CCc2ccc(N)cc2C1. The summed E-state index contributed by atoms with van der Waals surface area (Å²) >= 11 is 0. The van der Waals surface area contributed by atoms with Crippen LogP contribution in [0.3, 0.4) is 0 Å². The fraction of sp³-hybridized carbons (Fsp3) is 0.375. The molecule has 2 aromatic rings. The van der Waals surface area contributed by atoms with Crippen molar-refractivity contribution in [3.05, 3.63) is 65.2 Å². The second-order valence-electron chi connectivity index (χ2n) is 8.62. The Kier molecular flexibility index (Phi) is 7.55. The molecule has 1 heterocycles. The Bertz CT molecular complexity index is 1010. The average molecular weight is 455 g/mol. The molecule has 0 spiro atoms. The van der Waals surface area contributed by atoms with Crippen LogP contribution in [-0.2, 0) is 33.9 Å². The number of nitrogens with zero attached hydrogens (tertiary/aromatic N) is 1. The first-order valence-electron chi connectivity index (χ1n) is 10.8. The molecular formula is C24H30N4O5. The van der Waals surface area contributed by atoms with Gasteiger partial charge in [0.2, 0.25) is 11.8 Å². The fourth-order valence-electron chi connectivity index (χ4n) is 3.69. The number of carbonyl (C=O) groups excluding carboxylic acids is 2. The van der Waals surface area contributed by atoms with Crippen molar-refractivity contribution in [3.63, 3.8) is 0 Å². The molecular weight excluding hydrogens is 424 g/mol. The highest BCUT2D eigenvalue weighted by Crippen LogP contribution is 2.22. The second-order valence-corrected chi connectivity index (χ2v) is 8.62. The molecule has 1 atom stereocenters. The lowest BCUT2D eigenvalue weighted by Gasteiger charge is -2.33. The van der Waals surface area contributed by atoms with E-state index >= 15 is 0 Å². The van der Waals surface area contributed by atoms with Crippen LogP contribution in [0, 0.1) is 0 Å². The molecule has 9 nitrogen and oxygen atoms in total. The number of amides is 3. The van der Waals surface area contributed by atoms with Gasteiger partial charge < -0.3 is 31.1 Å². The highest BCUT2D eigenvalue weighted by Gasteiger charge is 2.35. The van der Waals surface area contributed by atoms with E-state index in [1.165, 1.54) is 13.8 Å². The van der Waals surface area contributed by atoms with Crippen molar-refractivity contribution in [2.45, 2.75) is 45.0 Å². The standard InChI is InChI=1S/C24H30N4O5/c1-24(2,27-23(31)32)22(30)26-20(15-33-14-16-6-4-3-5-7-16)21(29)28-11-10-17-8-9-19(25)12-18(17)13-28/h3-9,12,20,27H,10-11,13-15,25H2,1-2H3,(H,26,30)(H,31,32). The molecule has 5 N–H and O–H groups in total. The lowest BCUT2D eigenvalue weighted by molar-refractivity contribution is -0.140. The Hall–Kier alpha value is -3.59. The monoisotopic (exact) mass is 454 g/mol. The number of nitrogens with two attached hydrogens (primary N) is 1. The maximum atomic E-state index is 13.4. The molecule has 0 fully saturated rings. The number of fused-ring (bicyclic) bond motifs is 1. The number of hydrogen-bond donors (Lipinski definition) is 4. The van der Waals surface area contributed by atoms with Crippen molar-refractivity contribution in [1.82, 2.24) is 15.5 Å². The number of carbonyl (C=O) groups is 3. The Morgan fingerprint density at radius 1 is 1.15 bits per heavy atom. The smallest absolute Gasteiger partial charge is 0.405 e. The summed E-state index contributed by atoms with van der Waals surface area (Å²) in [6, 6.07) is 14.2. The van der Waals surface area contributed by atoms with Gasteiger partial charge in [0.15, 0.2) is 0 Å². The maximum absolute atomic E-state index is 13.4. The van der Waals surface area contributed by atoms with Crippen molar-refractivity contribution in [2.75, 3.05) is 18.9 Å². The van der Waals surface area contributed by atoms with Gasteiger partial charge in [-0.15, -0.1) is 0 Å². The third kappa shape index (κ3) is 6.45. The van der Waals surface area contributed by atoms with Crippen molar-refractivity contribution < 1.29 is 24.2 Å². The van der Waals surface area contributed by atoms with Gasteiger partial charge in [-0.2, -0.15) is 0 Å². The molecule has 0 saturated carbocycles. The summed E-state index contributed by atoms with van der Waals surface area (Å²) in [7, 11) is 0. The Labute approximate surface area is 192 Å². The molecule has 0 bridgehead atoms. The first-order valence-corrected chi connectivity index (χ1v) is 10.8.